The Morgan fingerprint density at radius 1 is 1.14 bits per heavy atom. The van der Waals surface area contributed by atoms with Gasteiger partial charge in [-0.1, -0.05) is 0 Å². The molecule has 0 spiro atoms. The Kier molecular flexibility index (Phi) is 3.29. The average Bonchev–Trinajstić information content (AvgIpc) is 3.15. The van der Waals surface area contributed by atoms with Crippen LogP contribution in [-0.4, -0.2) is 49.0 Å². The summed E-state index contributed by atoms with van der Waals surface area (Å²) in [5.41, 5.74) is -0.965. The Morgan fingerprint density at radius 3 is 2.50 bits per heavy atom. The number of hydrogen-bond donors (Lipinski definition) is 0. The molecule has 0 unspecified atom stereocenters. The maximum absolute atomic E-state index is 13.7. The number of alkyl halides is 1. The summed E-state index contributed by atoms with van der Waals surface area (Å²) in [6.45, 7) is 2.91. The van der Waals surface area contributed by atoms with Crippen LogP contribution in [-0.2, 0) is 0 Å². The third-order valence-electron chi connectivity index (χ3n) is 5.01. The quantitative estimate of drug-likeness (QED) is 0.875. The van der Waals surface area contributed by atoms with Crippen molar-refractivity contribution in [1.29, 1.82) is 0 Å². The molecule has 22 heavy (non-hydrogen) atoms. The second-order valence-corrected chi connectivity index (χ2v) is 6.88. The predicted molar refractivity (Wildman–Crippen MR) is 81.7 cm³/mol. The van der Waals surface area contributed by atoms with E-state index in [0.29, 0.717) is 25.2 Å². The molecule has 6 heteroatoms. The SMILES string of the molecule is CC1(F)CN([C@H]2CC[C@H](n3nccc3-n3ccnc3)CC2)C1. The van der Waals surface area contributed by atoms with Gasteiger partial charge in [-0.25, -0.2) is 14.1 Å². The summed E-state index contributed by atoms with van der Waals surface area (Å²) >= 11 is 0. The summed E-state index contributed by atoms with van der Waals surface area (Å²) < 4.78 is 17.8. The third-order valence-corrected chi connectivity index (χ3v) is 5.01. The lowest BCUT2D eigenvalue weighted by atomic mass is 9.86. The topological polar surface area (TPSA) is 38.9 Å². The third kappa shape index (κ3) is 2.45. The lowest BCUT2D eigenvalue weighted by Crippen LogP contribution is -2.61. The van der Waals surface area contributed by atoms with Crippen LogP contribution in [0.1, 0.15) is 38.6 Å². The maximum atomic E-state index is 13.7. The fourth-order valence-electron chi connectivity index (χ4n) is 3.91. The summed E-state index contributed by atoms with van der Waals surface area (Å²) in [7, 11) is 0. The normalized spacial score (nSPS) is 28.5. The fraction of sp³-hybridized carbons (Fsp3) is 0.625. The molecule has 0 atom stereocenters. The molecular weight excluding hydrogens is 281 g/mol. The average molecular weight is 303 g/mol. The van der Waals surface area contributed by atoms with Crippen molar-refractivity contribution in [2.75, 3.05) is 13.1 Å². The molecule has 3 heterocycles. The van der Waals surface area contributed by atoms with Gasteiger partial charge in [0.15, 0.2) is 0 Å². The van der Waals surface area contributed by atoms with Crippen LogP contribution in [0.4, 0.5) is 4.39 Å². The van der Waals surface area contributed by atoms with Gasteiger partial charge in [-0.05, 0) is 32.6 Å². The summed E-state index contributed by atoms with van der Waals surface area (Å²) in [6, 6.07) is 3.01. The molecule has 2 aliphatic rings. The van der Waals surface area contributed by atoms with Crippen molar-refractivity contribution < 1.29 is 4.39 Å². The van der Waals surface area contributed by atoms with Crippen molar-refractivity contribution in [3.63, 3.8) is 0 Å². The first-order valence-corrected chi connectivity index (χ1v) is 8.07. The van der Waals surface area contributed by atoms with E-state index in [0.717, 1.165) is 31.5 Å². The van der Waals surface area contributed by atoms with Crippen LogP contribution in [0.25, 0.3) is 5.82 Å². The monoisotopic (exact) mass is 303 g/mol. The highest BCUT2D eigenvalue weighted by atomic mass is 19.1. The van der Waals surface area contributed by atoms with Crippen molar-refractivity contribution in [2.24, 2.45) is 0 Å². The van der Waals surface area contributed by atoms with E-state index < -0.39 is 5.67 Å². The first-order chi connectivity index (χ1) is 10.6. The van der Waals surface area contributed by atoms with Gasteiger partial charge < -0.3 is 0 Å². The first kappa shape index (κ1) is 13.9. The minimum atomic E-state index is -0.965. The summed E-state index contributed by atoms with van der Waals surface area (Å²) in [5.74, 6) is 1.07. The largest absolute Gasteiger partial charge is 0.294 e. The van der Waals surface area contributed by atoms with Gasteiger partial charge in [0.1, 0.15) is 17.8 Å². The van der Waals surface area contributed by atoms with Crippen LogP contribution >= 0.6 is 0 Å². The summed E-state index contributed by atoms with van der Waals surface area (Å²) in [4.78, 5) is 6.41. The van der Waals surface area contributed by atoms with E-state index in [1.54, 1.807) is 19.4 Å². The zero-order chi connectivity index (χ0) is 15.2. The smallest absolute Gasteiger partial charge is 0.136 e. The molecule has 1 aliphatic carbocycles. The Bertz CT molecular complexity index is 617. The number of imidazole rings is 1. The molecular formula is C16H22FN5. The highest BCUT2D eigenvalue weighted by Crippen LogP contribution is 2.36. The standard InChI is InChI=1S/C16H22FN5/c1-16(17)10-21(11-16)13-2-4-14(5-3-13)22-15(6-7-19-22)20-9-8-18-12-20/h6-9,12-14H,2-5,10-11H2,1H3/t13-,14-. The van der Waals surface area contributed by atoms with E-state index in [2.05, 4.69) is 19.7 Å². The zero-order valence-electron chi connectivity index (χ0n) is 12.9. The Morgan fingerprint density at radius 2 is 1.86 bits per heavy atom. The Balaban J connectivity index is 1.41. The van der Waals surface area contributed by atoms with E-state index in [-0.39, 0.29) is 0 Å². The van der Waals surface area contributed by atoms with Crippen LogP contribution in [0, 0.1) is 0 Å². The highest BCUT2D eigenvalue weighted by molar-refractivity contribution is 5.21. The lowest BCUT2D eigenvalue weighted by Gasteiger charge is -2.48. The van der Waals surface area contributed by atoms with Crippen molar-refractivity contribution >= 4 is 0 Å². The minimum Gasteiger partial charge on any atom is -0.294 e. The van der Waals surface area contributed by atoms with E-state index in [4.69, 9.17) is 0 Å². The number of likely N-dealkylation sites (tertiary alicyclic amines) is 1. The molecule has 1 saturated carbocycles. The van der Waals surface area contributed by atoms with E-state index in [1.807, 2.05) is 23.0 Å². The van der Waals surface area contributed by atoms with Crippen LogP contribution < -0.4 is 0 Å². The van der Waals surface area contributed by atoms with Gasteiger partial charge in [0.25, 0.3) is 0 Å². The molecule has 0 aromatic carbocycles. The van der Waals surface area contributed by atoms with Gasteiger partial charge in [0.2, 0.25) is 0 Å². The molecule has 0 radical (unpaired) electrons. The Labute approximate surface area is 129 Å². The number of rotatable bonds is 3. The van der Waals surface area contributed by atoms with Gasteiger partial charge in [0.05, 0.1) is 12.2 Å². The fourth-order valence-corrected chi connectivity index (χ4v) is 3.91. The van der Waals surface area contributed by atoms with Gasteiger partial charge in [0, 0.05) is 37.6 Å². The Hall–Kier alpha value is -1.69. The molecule has 0 amide bonds. The molecule has 118 valence electrons. The molecule has 0 N–H and O–H groups in total. The summed E-state index contributed by atoms with van der Waals surface area (Å²) in [5, 5.41) is 4.52. The molecule has 2 aromatic heterocycles. The molecule has 0 bridgehead atoms. The number of halogens is 1. The van der Waals surface area contributed by atoms with Gasteiger partial charge in [-0.2, -0.15) is 5.10 Å². The second-order valence-electron chi connectivity index (χ2n) is 6.88. The van der Waals surface area contributed by atoms with Gasteiger partial charge in [-0.15, -0.1) is 0 Å². The van der Waals surface area contributed by atoms with E-state index >= 15 is 0 Å². The molecule has 5 nitrogen and oxygen atoms in total. The molecule has 2 aromatic rings. The molecule has 1 aliphatic heterocycles. The van der Waals surface area contributed by atoms with Crippen LogP contribution in [0.3, 0.4) is 0 Å². The van der Waals surface area contributed by atoms with Crippen LogP contribution in [0.2, 0.25) is 0 Å². The second kappa shape index (κ2) is 5.19. The number of hydrogen-bond acceptors (Lipinski definition) is 3. The van der Waals surface area contributed by atoms with E-state index in [9.17, 15) is 4.39 Å². The van der Waals surface area contributed by atoms with Gasteiger partial charge >= 0.3 is 0 Å². The van der Waals surface area contributed by atoms with Crippen LogP contribution in [0.15, 0.2) is 31.0 Å². The maximum Gasteiger partial charge on any atom is 0.136 e. The first-order valence-electron chi connectivity index (χ1n) is 8.07. The van der Waals surface area contributed by atoms with Gasteiger partial charge in [-0.3, -0.25) is 9.47 Å². The lowest BCUT2D eigenvalue weighted by molar-refractivity contribution is -0.0552. The van der Waals surface area contributed by atoms with Crippen molar-refractivity contribution in [3.8, 4) is 5.82 Å². The minimum absolute atomic E-state index is 0.432. The zero-order valence-corrected chi connectivity index (χ0v) is 12.9. The molecule has 1 saturated heterocycles. The summed E-state index contributed by atoms with van der Waals surface area (Å²) in [6.07, 6.45) is 11.9. The number of nitrogens with zero attached hydrogens (tertiary/aromatic N) is 5. The number of aromatic nitrogens is 4. The van der Waals surface area contributed by atoms with Crippen molar-refractivity contribution in [2.45, 2.75) is 50.4 Å². The molecule has 4 rings (SSSR count). The van der Waals surface area contributed by atoms with E-state index in [1.165, 1.54) is 0 Å². The highest BCUT2D eigenvalue weighted by Gasteiger charge is 2.43. The predicted octanol–water partition coefficient (Wildman–Crippen LogP) is 2.60. The van der Waals surface area contributed by atoms with Crippen molar-refractivity contribution in [1.82, 2.24) is 24.2 Å². The van der Waals surface area contributed by atoms with Crippen LogP contribution in [0.5, 0.6) is 0 Å². The molecule has 2 fully saturated rings. The van der Waals surface area contributed by atoms with Crippen molar-refractivity contribution in [3.05, 3.63) is 31.0 Å².